The molecule has 2 aromatic rings. The van der Waals surface area contributed by atoms with Crippen LogP contribution >= 0.6 is 0 Å². The molecule has 226 valence electrons. The van der Waals surface area contributed by atoms with Crippen molar-refractivity contribution in [1.82, 2.24) is 30.6 Å². The topological polar surface area (TPSA) is 152 Å². The van der Waals surface area contributed by atoms with Crippen LogP contribution in [-0.4, -0.2) is 62.9 Å². The Balaban J connectivity index is 1.77. The molecule has 5 bridgehead atoms. The van der Waals surface area contributed by atoms with Gasteiger partial charge in [0.05, 0.1) is 16.3 Å². The van der Waals surface area contributed by atoms with Crippen LogP contribution in [0.3, 0.4) is 0 Å². The third-order valence-corrected chi connectivity index (χ3v) is 7.77. The average Bonchev–Trinajstić information content (AvgIpc) is 2.95. The summed E-state index contributed by atoms with van der Waals surface area (Å²) in [6, 6.07) is 2.56. The Morgan fingerprint density at radius 3 is 2.48 bits per heavy atom. The van der Waals surface area contributed by atoms with E-state index in [0.717, 1.165) is 0 Å². The molecule has 12 nitrogen and oxygen atoms in total. The molecule has 2 aliphatic heterocycles. The Labute approximate surface area is 244 Å². The summed E-state index contributed by atoms with van der Waals surface area (Å²) in [7, 11) is 1.57. The molecule has 1 aromatic carbocycles. The third kappa shape index (κ3) is 6.38. The number of aromatic nitrogens is 2. The van der Waals surface area contributed by atoms with Crippen LogP contribution in [0.2, 0.25) is 0 Å². The molecular weight excluding hydrogens is 540 g/mol. The molecule has 3 heterocycles. The summed E-state index contributed by atoms with van der Waals surface area (Å²) in [6.07, 6.45) is 3.60. The van der Waals surface area contributed by atoms with Crippen molar-refractivity contribution in [2.45, 2.75) is 78.6 Å². The average molecular weight is 581 g/mol. The molecule has 3 N–H and O–H groups in total. The van der Waals surface area contributed by atoms with Crippen LogP contribution in [-0.2, 0) is 31.0 Å². The number of fused-ring (bicyclic) bond motifs is 4. The molecule has 3 amide bonds. The number of benzene rings is 1. The minimum atomic E-state index is -0.997. The molecule has 0 saturated carbocycles. The summed E-state index contributed by atoms with van der Waals surface area (Å²) in [4.78, 5) is 70.8. The van der Waals surface area contributed by atoms with Gasteiger partial charge in [0, 0.05) is 13.6 Å². The fraction of sp³-hybridized carbons (Fsp3) is 0.533. The van der Waals surface area contributed by atoms with E-state index in [1.54, 1.807) is 65.1 Å². The molecule has 0 spiro atoms. The van der Waals surface area contributed by atoms with Crippen LogP contribution in [0.5, 0.6) is 0 Å². The molecule has 1 fully saturated rings. The summed E-state index contributed by atoms with van der Waals surface area (Å²) in [5, 5.41) is 7.28. The van der Waals surface area contributed by atoms with Crippen molar-refractivity contribution in [3.05, 3.63) is 46.0 Å². The van der Waals surface area contributed by atoms with Crippen molar-refractivity contribution >= 4 is 40.7 Å². The van der Waals surface area contributed by atoms with Gasteiger partial charge in [0.15, 0.2) is 11.9 Å². The quantitative estimate of drug-likeness (QED) is 0.432. The molecule has 4 rings (SSSR count). The van der Waals surface area contributed by atoms with Gasteiger partial charge in [-0.25, -0.2) is 10.4 Å². The summed E-state index contributed by atoms with van der Waals surface area (Å²) in [5.74, 6) is -1.84. The van der Waals surface area contributed by atoms with Crippen LogP contribution in [0, 0.1) is 11.3 Å². The number of nitrogens with one attached hydrogen (secondary N) is 3. The number of carbonyl (C=O) groups is 4. The number of cyclic esters (lactones) is 1. The van der Waals surface area contributed by atoms with Gasteiger partial charge in [-0.1, -0.05) is 32.1 Å². The molecule has 1 aromatic heterocycles. The Bertz CT molecular complexity index is 1500. The highest BCUT2D eigenvalue weighted by molar-refractivity contribution is 5.94. The fourth-order valence-electron chi connectivity index (χ4n) is 5.04. The number of ether oxygens (including phenoxy) is 1. The molecule has 0 aliphatic carbocycles. The van der Waals surface area contributed by atoms with Crippen LogP contribution < -0.4 is 21.6 Å². The van der Waals surface area contributed by atoms with E-state index >= 15 is 0 Å². The number of hydrazine groups is 1. The predicted octanol–water partition coefficient (Wildman–Crippen LogP) is 1.73. The molecule has 2 aliphatic rings. The standard InChI is InChI=1S/C30H40N6O6/c1-16(2)23-25(37)31-17(3)26(38)36-14-8-9-21(34-36)28(40)42-18(4)24-32-22-15-19(10-11-20(22)27(39)35(24)7)12-13-30(5,6)29(41)33-23/h10-13,15-18,21,23,34H,8-9,14H2,1-7H3,(H,31,37)(H,33,41)/t17-,18+,21?,23-/m0/s1. The van der Waals surface area contributed by atoms with Gasteiger partial charge >= 0.3 is 5.97 Å². The van der Waals surface area contributed by atoms with Gasteiger partial charge in [0.1, 0.15) is 18.1 Å². The van der Waals surface area contributed by atoms with Crippen LogP contribution in [0.25, 0.3) is 17.0 Å². The largest absolute Gasteiger partial charge is 0.453 e. The second-order valence-corrected chi connectivity index (χ2v) is 12.0. The van der Waals surface area contributed by atoms with Crippen molar-refractivity contribution in [2.75, 3.05) is 6.54 Å². The first-order valence-electron chi connectivity index (χ1n) is 14.3. The maximum Gasteiger partial charge on any atom is 0.325 e. The number of rotatable bonds is 1. The third-order valence-electron chi connectivity index (χ3n) is 7.77. The fourth-order valence-corrected chi connectivity index (χ4v) is 5.04. The summed E-state index contributed by atoms with van der Waals surface area (Å²) >= 11 is 0. The Morgan fingerprint density at radius 2 is 1.79 bits per heavy atom. The molecule has 0 radical (unpaired) electrons. The van der Waals surface area contributed by atoms with Gasteiger partial charge in [-0.2, -0.15) is 0 Å². The molecule has 12 heteroatoms. The number of hydrogen-bond donors (Lipinski definition) is 3. The molecule has 1 unspecified atom stereocenters. The molecular formula is C30H40N6O6. The number of hydrogen-bond acceptors (Lipinski definition) is 8. The predicted molar refractivity (Wildman–Crippen MR) is 157 cm³/mol. The Morgan fingerprint density at radius 1 is 1.07 bits per heavy atom. The SMILES string of the molecule is CC(C)[C@@H]1NC(=O)C(C)(C)C=Cc2ccc3c(=O)n(C)c(nc3c2)[C@@H](C)OC(=O)C2CCCN(N2)C(=O)[C@H](C)NC1=O. The van der Waals surface area contributed by atoms with E-state index in [9.17, 15) is 24.0 Å². The van der Waals surface area contributed by atoms with Gasteiger partial charge < -0.3 is 15.4 Å². The summed E-state index contributed by atoms with van der Waals surface area (Å²) in [6.45, 7) is 10.6. The first-order chi connectivity index (χ1) is 19.7. The molecule has 1 saturated heterocycles. The zero-order chi connectivity index (χ0) is 30.9. The highest BCUT2D eigenvalue weighted by Crippen LogP contribution is 2.23. The van der Waals surface area contributed by atoms with Crippen molar-refractivity contribution in [3.8, 4) is 0 Å². The second-order valence-electron chi connectivity index (χ2n) is 12.0. The first-order valence-corrected chi connectivity index (χ1v) is 14.3. The van der Waals surface area contributed by atoms with Crippen molar-refractivity contribution < 1.29 is 23.9 Å². The number of carbonyl (C=O) groups excluding carboxylic acids is 4. The van der Waals surface area contributed by atoms with E-state index in [-0.39, 0.29) is 23.2 Å². The van der Waals surface area contributed by atoms with Crippen LogP contribution in [0.4, 0.5) is 0 Å². The molecule has 4 atom stereocenters. The highest BCUT2D eigenvalue weighted by Gasteiger charge is 2.35. The van der Waals surface area contributed by atoms with Crippen LogP contribution in [0.15, 0.2) is 29.1 Å². The lowest BCUT2D eigenvalue weighted by Gasteiger charge is -2.35. The maximum atomic E-state index is 13.3. The molecule has 42 heavy (non-hydrogen) atoms. The monoisotopic (exact) mass is 580 g/mol. The lowest BCUT2D eigenvalue weighted by Crippen LogP contribution is -2.61. The van der Waals surface area contributed by atoms with E-state index in [0.29, 0.717) is 35.9 Å². The van der Waals surface area contributed by atoms with E-state index in [1.165, 1.54) is 9.58 Å². The maximum absolute atomic E-state index is 13.3. The van der Waals surface area contributed by atoms with Crippen molar-refractivity contribution in [1.29, 1.82) is 0 Å². The van der Waals surface area contributed by atoms with Gasteiger partial charge in [-0.15, -0.1) is 0 Å². The Kier molecular flexibility index (Phi) is 8.86. The summed E-state index contributed by atoms with van der Waals surface area (Å²) < 4.78 is 7.08. The number of nitrogens with zero attached hydrogens (tertiary/aromatic N) is 3. The Hall–Kier alpha value is -4.06. The van der Waals surface area contributed by atoms with E-state index in [1.807, 2.05) is 13.8 Å². The van der Waals surface area contributed by atoms with E-state index < -0.39 is 47.4 Å². The first kappa shape index (κ1) is 30.9. The minimum absolute atomic E-state index is 0.254. The summed E-state index contributed by atoms with van der Waals surface area (Å²) in [5.41, 5.74) is 2.78. The zero-order valence-electron chi connectivity index (χ0n) is 25.2. The highest BCUT2D eigenvalue weighted by atomic mass is 16.5. The van der Waals surface area contributed by atoms with Crippen molar-refractivity contribution in [2.24, 2.45) is 18.4 Å². The van der Waals surface area contributed by atoms with E-state index in [2.05, 4.69) is 21.0 Å². The van der Waals surface area contributed by atoms with Gasteiger partial charge in [0.25, 0.3) is 11.5 Å². The lowest BCUT2D eigenvalue weighted by atomic mass is 9.89. The van der Waals surface area contributed by atoms with Gasteiger partial charge in [-0.3, -0.25) is 33.5 Å². The minimum Gasteiger partial charge on any atom is -0.453 e. The smallest absolute Gasteiger partial charge is 0.325 e. The van der Waals surface area contributed by atoms with Crippen molar-refractivity contribution in [3.63, 3.8) is 0 Å². The van der Waals surface area contributed by atoms with Crippen LogP contribution in [0.1, 0.15) is 71.9 Å². The number of amides is 3. The van der Waals surface area contributed by atoms with E-state index in [4.69, 9.17) is 4.74 Å². The number of esters is 1. The lowest BCUT2D eigenvalue weighted by molar-refractivity contribution is -0.157. The second kappa shape index (κ2) is 12.0. The van der Waals surface area contributed by atoms with Gasteiger partial charge in [0.2, 0.25) is 11.8 Å². The van der Waals surface area contributed by atoms with Gasteiger partial charge in [-0.05, 0) is 64.2 Å². The normalized spacial score (nSPS) is 25.8. The zero-order valence-corrected chi connectivity index (χ0v) is 25.2.